The number of unbranched alkanes of at least 4 members (excludes halogenated alkanes) is 33. The molecule has 0 N–H and O–H groups in total. The Balaban J connectivity index is 4.12. The van der Waals surface area contributed by atoms with E-state index in [0.717, 1.165) is 64.2 Å². The van der Waals surface area contributed by atoms with Gasteiger partial charge in [0, 0.05) is 19.3 Å². The number of ether oxygens (including phenoxy) is 3. The zero-order valence-corrected chi connectivity index (χ0v) is 38.4. The van der Waals surface area contributed by atoms with Gasteiger partial charge >= 0.3 is 17.9 Å². The first-order valence-electron chi connectivity index (χ1n) is 25.2. The molecule has 0 aromatic carbocycles. The van der Waals surface area contributed by atoms with Gasteiger partial charge in [-0.3, -0.25) is 14.4 Å². The van der Waals surface area contributed by atoms with Crippen molar-refractivity contribution >= 4 is 17.9 Å². The van der Waals surface area contributed by atoms with Crippen molar-refractivity contribution in [1.82, 2.24) is 0 Å². The Bertz CT molecular complexity index is 885. The van der Waals surface area contributed by atoms with E-state index in [1.165, 1.54) is 173 Å². The van der Waals surface area contributed by atoms with E-state index in [2.05, 4.69) is 32.9 Å². The Morgan fingerprint density at radius 2 is 0.579 bits per heavy atom. The summed E-state index contributed by atoms with van der Waals surface area (Å²) in [6, 6.07) is 0. The van der Waals surface area contributed by atoms with Crippen molar-refractivity contribution in [1.29, 1.82) is 0 Å². The van der Waals surface area contributed by atoms with Crippen molar-refractivity contribution < 1.29 is 28.6 Å². The van der Waals surface area contributed by atoms with Crippen LogP contribution in [0.5, 0.6) is 0 Å². The molecule has 6 nitrogen and oxygen atoms in total. The molecule has 0 spiro atoms. The second kappa shape index (κ2) is 46.8. The number of esters is 3. The van der Waals surface area contributed by atoms with Crippen molar-refractivity contribution in [3.8, 4) is 0 Å². The molecule has 0 amide bonds. The molecule has 0 aliphatic carbocycles. The maximum Gasteiger partial charge on any atom is 0.306 e. The van der Waals surface area contributed by atoms with Gasteiger partial charge in [-0.15, -0.1) is 0 Å². The second-order valence-corrected chi connectivity index (χ2v) is 17.1. The molecule has 0 aliphatic heterocycles. The van der Waals surface area contributed by atoms with Crippen LogP contribution in [0.4, 0.5) is 0 Å². The third-order valence-electron chi connectivity index (χ3n) is 11.3. The van der Waals surface area contributed by atoms with Crippen LogP contribution in [-0.4, -0.2) is 37.2 Å². The number of hydrogen-bond donors (Lipinski definition) is 0. The summed E-state index contributed by atoms with van der Waals surface area (Å²) < 4.78 is 16.7. The summed E-state index contributed by atoms with van der Waals surface area (Å²) in [5.74, 6) is -0.869. The molecule has 0 aromatic heterocycles. The van der Waals surface area contributed by atoms with E-state index in [9.17, 15) is 14.4 Å². The molecular weight excluding hydrogens is 709 g/mol. The first kappa shape index (κ1) is 55.2. The Hall–Kier alpha value is -1.85. The number of carbonyl (C=O) groups is 3. The van der Waals surface area contributed by atoms with Crippen molar-refractivity contribution in [2.24, 2.45) is 0 Å². The molecule has 0 bridgehead atoms. The third kappa shape index (κ3) is 45.1. The summed E-state index contributed by atoms with van der Waals surface area (Å²) in [4.78, 5) is 37.6. The molecule has 336 valence electrons. The molecule has 0 fully saturated rings. The first-order valence-corrected chi connectivity index (χ1v) is 25.2. The Labute approximate surface area is 354 Å². The zero-order chi connectivity index (χ0) is 41.5. The quantitative estimate of drug-likeness (QED) is 0.0264. The molecule has 6 heteroatoms. The van der Waals surface area contributed by atoms with E-state index >= 15 is 0 Å². The normalized spacial score (nSPS) is 12.0. The van der Waals surface area contributed by atoms with E-state index < -0.39 is 6.10 Å². The molecule has 1 atom stereocenters. The molecular formula is C51H96O6. The first-order chi connectivity index (χ1) is 28.0. The highest BCUT2D eigenvalue weighted by molar-refractivity contribution is 5.71. The highest BCUT2D eigenvalue weighted by Crippen LogP contribution is 2.16. The Kier molecular flexibility index (Phi) is 45.3. The molecule has 0 rings (SSSR count). The van der Waals surface area contributed by atoms with E-state index in [1.54, 1.807) is 0 Å². The molecule has 1 unspecified atom stereocenters. The SMILES string of the molecule is CCCCCCCC/C=C\CCCCCCCCCCCC(=O)OCC(COC(=O)CCCCCCC)OC(=O)CCCCCCCCCCCCCCCCC. The smallest absolute Gasteiger partial charge is 0.306 e. The lowest BCUT2D eigenvalue weighted by molar-refractivity contribution is -0.167. The van der Waals surface area contributed by atoms with Crippen LogP contribution in [0.3, 0.4) is 0 Å². The average molecular weight is 805 g/mol. The van der Waals surface area contributed by atoms with Gasteiger partial charge in [0.15, 0.2) is 6.10 Å². The fraction of sp³-hybridized carbons (Fsp3) is 0.902. The molecule has 0 saturated carbocycles. The van der Waals surface area contributed by atoms with E-state index in [-0.39, 0.29) is 31.1 Å². The predicted molar refractivity (Wildman–Crippen MR) is 243 cm³/mol. The Morgan fingerprint density at radius 1 is 0.333 bits per heavy atom. The van der Waals surface area contributed by atoms with Gasteiger partial charge in [-0.1, -0.05) is 226 Å². The minimum absolute atomic E-state index is 0.0673. The van der Waals surface area contributed by atoms with Crippen LogP contribution in [0.15, 0.2) is 12.2 Å². The van der Waals surface area contributed by atoms with Gasteiger partial charge < -0.3 is 14.2 Å². The molecule has 0 aromatic rings. The van der Waals surface area contributed by atoms with Crippen molar-refractivity contribution in [2.75, 3.05) is 13.2 Å². The standard InChI is InChI=1S/C51H96O6/c1-4-7-10-13-15-17-19-21-23-24-25-26-28-29-31-33-35-38-41-44-50(53)56-47-48(46-55-49(52)43-40-37-12-9-6-3)57-51(54)45-42-39-36-34-32-30-27-22-20-18-16-14-11-8-5-2/h21,23,48H,4-20,22,24-47H2,1-3H3/b23-21-. The Morgan fingerprint density at radius 3 is 0.877 bits per heavy atom. The monoisotopic (exact) mass is 805 g/mol. The lowest BCUT2D eigenvalue weighted by Crippen LogP contribution is -2.30. The zero-order valence-electron chi connectivity index (χ0n) is 38.4. The topological polar surface area (TPSA) is 78.9 Å². The maximum atomic E-state index is 12.7. The summed E-state index contributed by atoms with van der Waals surface area (Å²) in [5.41, 5.74) is 0. The fourth-order valence-electron chi connectivity index (χ4n) is 7.44. The maximum absolute atomic E-state index is 12.7. The van der Waals surface area contributed by atoms with Gasteiger partial charge in [0.1, 0.15) is 13.2 Å². The number of carbonyl (C=O) groups excluding carboxylic acids is 3. The van der Waals surface area contributed by atoms with Crippen molar-refractivity contribution in [2.45, 2.75) is 284 Å². The van der Waals surface area contributed by atoms with Gasteiger partial charge in [0.2, 0.25) is 0 Å². The van der Waals surface area contributed by atoms with Gasteiger partial charge in [0.25, 0.3) is 0 Å². The minimum atomic E-state index is -0.761. The lowest BCUT2D eigenvalue weighted by atomic mass is 10.0. The molecule has 0 saturated heterocycles. The van der Waals surface area contributed by atoms with Gasteiger partial charge in [0.05, 0.1) is 0 Å². The van der Waals surface area contributed by atoms with Gasteiger partial charge in [-0.25, -0.2) is 0 Å². The van der Waals surface area contributed by atoms with E-state index in [1.807, 2.05) is 0 Å². The van der Waals surface area contributed by atoms with E-state index in [0.29, 0.717) is 19.3 Å². The fourth-order valence-corrected chi connectivity index (χ4v) is 7.44. The van der Waals surface area contributed by atoms with Crippen LogP contribution in [0, 0.1) is 0 Å². The number of rotatable bonds is 46. The summed E-state index contributed by atoms with van der Waals surface area (Å²) >= 11 is 0. The predicted octanol–water partition coefficient (Wildman–Crippen LogP) is 16.2. The summed E-state index contributed by atoms with van der Waals surface area (Å²) in [6.07, 6.45) is 50.9. The molecule has 0 radical (unpaired) electrons. The van der Waals surface area contributed by atoms with Crippen LogP contribution in [0.1, 0.15) is 278 Å². The molecule has 0 heterocycles. The molecule has 0 aliphatic rings. The van der Waals surface area contributed by atoms with Crippen molar-refractivity contribution in [3.63, 3.8) is 0 Å². The minimum Gasteiger partial charge on any atom is -0.462 e. The number of hydrogen-bond acceptors (Lipinski definition) is 6. The third-order valence-corrected chi connectivity index (χ3v) is 11.3. The summed E-state index contributed by atoms with van der Waals surface area (Å²) in [6.45, 7) is 6.58. The lowest BCUT2D eigenvalue weighted by Gasteiger charge is -2.18. The van der Waals surface area contributed by atoms with Crippen molar-refractivity contribution in [3.05, 3.63) is 12.2 Å². The van der Waals surface area contributed by atoms with Crippen LogP contribution < -0.4 is 0 Å². The molecule has 57 heavy (non-hydrogen) atoms. The summed E-state index contributed by atoms with van der Waals surface area (Å²) in [7, 11) is 0. The van der Waals surface area contributed by atoms with Crippen LogP contribution >= 0.6 is 0 Å². The summed E-state index contributed by atoms with van der Waals surface area (Å²) in [5, 5.41) is 0. The van der Waals surface area contributed by atoms with Crippen LogP contribution in [0.2, 0.25) is 0 Å². The van der Waals surface area contributed by atoms with Crippen LogP contribution in [-0.2, 0) is 28.6 Å². The number of allylic oxidation sites excluding steroid dienone is 2. The van der Waals surface area contributed by atoms with Gasteiger partial charge in [-0.2, -0.15) is 0 Å². The average Bonchev–Trinajstić information content (AvgIpc) is 3.21. The second-order valence-electron chi connectivity index (χ2n) is 17.1. The van der Waals surface area contributed by atoms with Crippen LogP contribution in [0.25, 0.3) is 0 Å². The van der Waals surface area contributed by atoms with Gasteiger partial charge in [-0.05, 0) is 44.9 Å². The van der Waals surface area contributed by atoms with E-state index in [4.69, 9.17) is 14.2 Å². The largest absolute Gasteiger partial charge is 0.462 e. The highest BCUT2D eigenvalue weighted by Gasteiger charge is 2.19. The highest BCUT2D eigenvalue weighted by atomic mass is 16.6.